The number of benzene rings is 1. The lowest BCUT2D eigenvalue weighted by atomic mass is 10.0. The molecule has 4 nitrogen and oxygen atoms in total. The van der Waals surface area contributed by atoms with Crippen molar-refractivity contribution in [2.45, 2.75) is 33.1 Å². The van der Waals surface area contributed by atoms with E-state index in [9.17, 15) is 0 Å². The standard InChI is InChI=1S/C13H18N4/c1-4-11-13(14)15-16-17(11)12-8-6-5-7-10(12)9(2)3/h5-9H,4,14H2,1-3H3. The van der Waals surface area contributed by atoms with Gasteiger partial charge in [-0.3, -0.25) is 0 Å². The first kappa shape index (κ1) is 11.6. The van der Waals surface area contributed by atoms with Crippen LogP contribution in [-0.2, 0) is 6.42 Å². The van der Waals surface area contributed by atoms with Crippen LogP contribution >= 0.6 is 0 Å². The zero-order valence-corrected chi connectivity index (χ0v) is 10.5. The van der Waals surface area contributed by atoms with Crippen molar-refractivity contribution in [2.75, 3.05) is 5.73 Å². The van der Waals surface area contributed by atoms with E-state index in [1.807, 2.05) is 16.8 Å². The van der Waals surface area contributed by atoms with E-state index in [4.69, 9.17) is 5.73 Å². The zero-order chi connectivity index (χ0) is 12.4. The summed E-state index contributed by atoms with van der Waals surface area (Å²) in [7, 11) is 0. The van der Waals surface area contributed by atoms with Gasteiger partial charge >= 0.3 is 0 Å². The molecule has 1 aromatic carbocycles. The van der Waals surface area contributed by atoms with Gasteiger partial charge in [-0.15, -0.1) is 5.10 Å². The number of nitrogens with two attached hydrogens (primary N) is 1. The zero-order valence-electron chi connectivity index (χ0n) is 10.5. The highest BCUT2D eigenvalue weighted by molar-refractivity contribution is 5.46. The summed E-state index contributed by atoms with van der Waals surface area (Å²) in [5.41, 5.74) is 9.12. The first-order valence-corrected chi connectivity index (χ1v) is 5.94. The molecule has 0 fully saturated rings. The first-order chi connectivity index (χ1) is 8.15. The number of nitrogens with zero attached hydrogens (tertiary/aromatic N) is 3. The third-order valence-electron chi connectivity index (χ3n) is 2.92. The van der Waals surface area contributed by atoms with Gasteiger partial charge in [0.05, 0.1) is 11.4 Å². The van der Waals surface area contributed by atoms with Crippen molar-refractivity contribution in [1.82, 2.24) is 15.0 Å². The Hall–Kier alpha value is -1.84. The van der Waals surface area contributed by atoms with Crippen LogP contribution in [0, 0.1) is 0 Å². The smallest absolute Gasteiger partial charge is 0.169 e. The maximum atomic E-state index is 5.82. The summed E-state index contributed by atoms with van der Waals surface area (Å²) in [6.45, 7) is 6.40. The molecule has 0 radical (unpaired) electrons. The molecule has 0 saturated heterocycles. The van der Waals surface area contributed by atoms with Gasteiger partial charge in [-0.25, -0.2) is 4.68 Å². The van der Waals surface area contributed by atoms with Crippen LogP contribution in [0.1, 0.15) is 37.9 Å². The Balaban J connectivity index is 2.60. The second-order valence-electron chi connectivity index (χ2n) is 4.40. The quantitative estimate of drug-likeness (QED) is 0.881. The van der Waals surface area contributed by atoms with Gasteiger partial charge in [0.15, 0.2) is 5.82 Å². The predicted molar refractivity (Wildman–Crippen MR) is 69.2 cm³/mol. The van der Waals surface area contributed by atoms with Crippen molar-refractivity contribution in [3.63, 3.8) is 0 Å². The third-order valence-corrected chi connectivity index (χ3v) is 2.92. The molecule has 90 valence electrons. The van der Waals surface area contributed by atoms with Crippen LogP contribution in [0.15, 0.2) is 24.3 Å². The molecule has 4 heteroatoms. The molecule has 0 amide bonds. The Morgan fingerprint density at radius 3 is 2.65 bits per heavy atom. The van der Waals surface area contributed by atoms with Crippen molar-refractivity contribution < 1.29 is 0 Å². The Morgan fingerprint density at radius 1 is 1.29 bits per heavy atom. The number of nitrogen functional groups attached to an aromatic ring is 1. The van der Waals surface area contributed by atoms with E-state index in [1.165, 1.54) is 5.56 Å². The van der Waals surface area contributed by atoms with Crippen LogP contribution in [0.5, 0.6) is 0 Å². The van der Waals surface area contributed by atoms with Crippen LogP contribution in [0.25, 0.3) is 5.69 Å². The highest BCUT2D eigenvalue weighted by Gasteiger charge is 2.14. The Kier molecular flexibility index (Phi) is 3.13. The predicted octanol–water partition coefficient (Wildman–Crippen LogP) is 2.54. The van der Waals surface area contributed by atoms with Crippen molar-refractivity contribution in [3.05, 3.63) is 35.5 Å². The van der Waals surface area contributed by atoms with E-state index < -0.39 is 0 Å². The van der Waals surface area contributed by atoms with Crippen LogP contribution in [0.3, 0.4) is 0 Å². The molecule has 2 aromatic rings. The number of anilines is 1. The van der Waals surface area contributed by atoms with Gasteiger partial charge in [0.1, 0.15) is 0 Å². The molecule has 0 aliphatic rings. The fourth-order valence-electron chi connectivity index (χ4n) is 2.01. The van der Waals surface area contributed by atoms with Crippen molar-refractivity contribution in [3.8, 4) is 5.69 Å². The van der Waals surface area contributed by atoms with E-state index in [-0.39, 0.29) is 0 Å². The molecule has 0 spiro atoms. The van der Waals surface area contributed by atoms with E-state index >= 15 is 0 Å². The van der Waals surface area contributed by atoms with E-state index in [0.29, 0.717) is 11.7 Å². The topological polar surface area (TPSA) is 56.7 Å². The minimum Gasteiger partial charge on any atom is -0.381 e. The molecule has 1 heterocycles. The average Bonchev–Trinajstić information content (AvgIpc) is 2.70. The summed E-state index contributed by atoms with van der Waals surface area (Å²) in [5.74, 6) is 0.965. The van der Waals surface area contributed by atoms with Gasteiger partial charge in [-0.05, 0) is 24.0 Å². The molecule has 0 bridgehead atoms. The highest BCUT2D eigenvalue weighted by Crippen LogP contribution is 2.24. The minimum absolute atomic E-state index is 0.446. The summed E-state index contributed by atoms with van der Waals surface area (Å²) in [5, 5.41) is 8.10. The molecular weight excluding hydrogens is 212 g/mol. The van der Waals surface area contributed by atoms with Crippen molar-refractivity contribution in [1.29, 1.82) is 0 Å². The molecule has 0 aliphatic heterocycles. The minimum atomic E-state index is 0.446. The number of hydrogen-bond acceptors (Lipinski definition) is 3. The summed E-state index contributed by atoms with van der Waals surface area (Å²) in [6, 6.07) is 8.24. The summed E-state index contributed by atoms with van der Waals surface area (Å²) >= 11 is 0. The molecule has 1 aromatic heterocycles. The van der Waals surface area contributed by atoms with Gasteiger partial charge in [0.2, 0.25) is 0 Å². The fraction of sp³-hybridized carbons (Fsp3) is 0.385. The van der Waals surface area contributed by atoms with Gasteiger partial charge < -0.3 is 5.73 Å². The molecule has 0 aliphatic carbocycles. The summed E-state index contributed by atoms with van der Waals surface area (Å²) < 4.78 is 1.85. The third kappa shape index (κ3) is 2.02. The SMILES string of the molecule is CCc1c(N)nnn1-c1ccccc1C(C)C. The lowest BCUT2D eigenvalue weighted by Gasteiger charge is -2.13. The molecule has 0 saturated carbocycles. The molecular formula is C13H18N4. The number of hydrogen-bond donors (Lipinski definition) is 1. The lowest BCUT2D eigenvalue weighted by molar-refractivity contribution is 0.743. The van der Waals surface area contributed by atoms with Gasteiger partial charge in [-0.2, -0.15) is 0 Å². The normalized spacial score (nSPS) is 11.1. The largest absolute Gasteiger partial charge is 0.381 e. The number of para-hydroxylation sites is 1. The Morgan fingerprint density at radius 2 is 2.00 bits per heavy atom. The molecule has 0 atom stereocenters. The average molecular weight is 230 g/mol. The van der Waals surface area contributed by atoms with Crippen LogP contribution < -0.4 is 5.73 Å². The van der Waals surface area contributed by atoms with E-state index in [2.05, 4.69) is 43.2 Å². The Bertz CT molecular complexity index is 514. The Labute approximate surface area is 101 Å². The summed E-state index contributed by atoms with van der Waals surface area (Å²) in [6.07, 6.45) is 0.825. The maximum absolute atomic E-state index is 5.82. The van der Waals surface area contributed by atoms with Gasteiger partial charge in [-0.1, -0.05) is 44.2 Å². The van der Waals surface area contributed by atoms with E-state index in [1.54, 1.807) is 0 Å². The number of rotatable bonds is 3. The molecule has 17 heavy (non-hydrogen) atoms. The van der Waals surface area contributed by atoms with Gasteiger partial charge in [0.25, 0.3) is 0 Å². The van der Waals surface area contributed by atoms with Crippen molar-refractivity contribution in [2.24, 2.45) is 0 Å². The fourth-order valence-corrected chi connectivity index (χ4v) is 2.01. The van der Waals surface area contributed by atoms with Crippen molar-refractivity contribution >= 4 is 5.82 Å². The van der Waals surface area contributed by atoms with Crippen LogP contribution in [0.2, 0.25) is 0 Å². The van der Waals surface area contributed by atoms with Crippen LogP contribution in [0.4, 0.5) is 5.82 Å². The second-order valence-corrected chi connectivity index (χ2v) is 4.40. The number of aromatic nitrogens is 3. The first-order valence-electron chi connectivity index (χ1n) is 5.94. The molecule has 2 rings (SSSR count). The monoisotopic (exact) mass is 230 g/mol. The highest BCUT2D eigenvalue weighted by atomic mass is 15.4. The molecule has 2 N–H and O–H groups in total. The lowest BCUT2D eigenvalue weighted by Crippen LogP contribution is -2.06. The molecule has 0 unspecified atom stereocenters. The second kappa shape index (κ2) is 4.57. The van der Waals surface area contributed by atoms with E-state index in [0.717, 1.165) is 17.8 Å². The maximum Gasteiger partial charge on any atom is 0.169 e. The van der Waals surface area contributed by atoms with Gasteiger partial charge in [0, 0.05) is 0 Å². The van der Waals surface area contributed by atoms with Crippen LogP contribution in [-0.4, -0.2) is 15.0 Å². The summed E-state index contributed by atoms with van der Waals surface area (Å²) in [4.78, 5) is 0.